The molecule has 6 N–H and O–H groups in total. The summed E-state index contributed by atoms with van der Waals surface area (Å²) in [5.41, 5.74) is 8.92. The Kier molecular flexibility index (Phi) is 7.40. The Morgan fingerprint density at radius 2 is 2.00 bits per heavy atom. The Labute approximate surface area is 190 Å². The molecular formula is C21H24Cl2N6O2. The zero-order chi connectivity index (χ0) is 22.5. The lowest BCUT2D eigenvalue weighted by Gasteiger charge is -2.17. The number of amides is 1. The van der Waals surface area contributed by atoms with Crippen LogP contribution in [0.5, 0.6) is 0 Å². The molecule has 0 bridgehead atoms. The standard InChI is InChI=1S/C21H24Cl2N6O2/c1-13-2-3-19-14(8-13)11-27-29(19)6-5-26-21(31)20-17(22)9-16(10-18(20)23)28(25)12-15(24)4-7-30/h2-3,8-12,30H,4-7,24-25H2,1H3,(H,26,31)/b15-12-. The molecule has 0 fully saturated rings. The van der Waals surface area contributed by atoms with Crippen LogP contribution in [0.3, 0.4) is 0 Å². The SMILES string of the molecule is Cc1ccc2c(cnn2CCNC(=O)c2c(Cl)cc(N(N)/C=C(\N)CCO)cc2Cl)c1. The molecule has 10 heteroatoms. The number of nitrogens with one attached hydrogen (secondary N) is 1. The number of carbonyl (C=O) groups is 1. The normalized spacial score (nSPS) is 11.7. The third-order valence-corrected chi connectivity index (χ3v) is 5.26. The summed E-state index contributed by atoms with van der Waals surface area (Å²) < 4.78 is 1.83. The highest BCUT2D eigenvalue weighted by molar-refractivity contribution is 6.40. The van der Waals surface area contributed by atoms with Crippen molar-refractivity contribution < 1.29 is 9.90 Å². The monoisotopic (exact) mass is 462 g/mol. The van der Waals surface area contributed by atoms with Gasteiger partial charge in [-0.1, -0.05) is 34.8 Å². The zero-order valence-electron chi connectivity index (χ0n) is 17.0. The number of benzene rings is 2. The molecule has 1 heterocycles. The lowest BCUT2D eigenvalue weighted by molar-refractivity contribution is 0.0952. The molecule has 0 saturated heterocycles. The van der Waals surface area contributed by atoms with Crippen molar-refractivity contribution in [1.29, 1.82) is 0 Å². The van der Waals surface area contributed by atoms with Gasteiger partial charge in [0.25, 0.3) is 5.91 Å². The van der Waals surface area contributed by atoms with Crippen molar-refractivity contribution in [1.82, 2.24) is 15.1 Å². The van der Waals surface area contributed by atoms with Gasteiger partial charge in [0.1, 0.15) is 0 Å². The second-order valence-electron chi connectivity index (χ2n) is 7.06. The Morgan fingerprint density at radius 3 is 2.68 bits per heavy atom. The van der Waals surface area contributed by atoms with E-state index < -0.39 is 5.91 Å². The van der Waals surface area contributed by atoms with E-state index in [0.29, 0.717) is 24.5 Å². The number of hydrogen-bond donors (Lipinski definition) is 4. The van der Waals surface area contributed by atoms with Crippen LogP contribution in [0.15, 0.2) is 48.4 Å². The number of carbonyl (C=O) groups excluding carboxylic acids is 1. The van der Waals surface area contributed by atoms with E-state index in [9.17, 15) is 4.79 Å². The van der Waals surface area contributed by atoms with Gasteiger partial charge in [0.05, 0.1) is 39.6 Å². The van der Waals surface area contributed by atoms with Crippen LogP contribution >= 0.6 is 23.2 Å². The molecule has 0 spiro atoms. The molecule has 0 aliphatic carbocycles. The molecule has 8 nitrogen and oxygen atoms in total. The van der Waals surface area contributed by atoms with E-state index in [0.717, 1.165) is 16.5 Å². The summed E-state index contributed by atoms with van der Waals surface area (Å²) >= 11 is 12.6. The quantitative estimate of drug-likeness (QED) is 0.301. The maximum absolute atomic E-state index is 12.7. The van der Waals surface area contributed by atoms with Crippen LogP contribution in [0.25, 0.3) is 10.9 Å². The Balaban J connectivity index is 1.68. The highest BCUT2D eigenvalue weighted by atomic mass is 35.5. The van der Waals surface area contributed by atoms with Crippen LogP contribution < -0.4 is 21.9 Å². The van der Waals surface area contributed by atoms with Gasteiger partial charge in [0, 0.05) is 36.9 Å². The number of anilines is 1. The van der Waals surface area contributed by atoms with Gasteiger partial charge in [-0.15, -0.1) is 0 Å². The third-order valence-electron chi connectivity index (χ3n) is 4.66. The fourth-order valence-corrected chi connectivity index (χ4v) is 3.77. The molecule has 0 atom stereocenters. The van der Waals surface area contributed by atoms with E-state index in [2.05, 4.69) is 16.5 Å². The Hall–Kier alpha value is -2.78. The molecule has 0 radical (unpaired) electrons. The maximum atomic E-state index is 12.7. The second-order valence-corrected chi connectivity index (χ2v) is 7.87. The van der Waals surface area contributed by atoms with Crippen molar-refractivity contribution in [3.05, 3.63) is 69.6 Å². The highest BCUT2D eigenvalue weighted by Crippen LogP contribution is 2.30. The summed E-state index contributed by atoms with van der Waals surface area (Å²) in [7, 11) is 0. The molecule has 164 valence electrons. The van der Waals surface area contributed by atoms with Gasteiger partial charge < -0.3 is 16.2 Å². The number of aryl methyl sites for hydroxylation is 1. The van der Waals surface area contributed by atoms with Crippen molar-refractivity contribution >= 4 is 45.7 Å². The highest BCUT2D eigenvalue weighted by Gasteiger charge is 2.17. The van der Waals surface area contributed by atoms with Crippen molar-refractivity contribution in [2.45, 2.75) is 19.9 Å². The number of nitrogens with two attached hydrogens (primary N) is 2. The van der Waals surface area contributed by atoms with Crippen LogP contribution in [-0.4, -0.2) is 33.9 Å². The minimum absolute atomic E-state index is 0.0925. The molecule has 0 saturated carbocycles. The van der Waals surface area contributed by atoms with Gasteiger partial charge in [-0.05, 0) is 31.2 Å². The summed E-state index contributed by atoms with van der Waals surface area (Å²) in [5.74, 6) is 5.55. The first-order chi connectivity index (χ1) is 14.8. The van der Waals surface area contributed by atoms with Crippen LogP contribution in [-0.2, 0) is 6.54 Å². The second kappa shape index (κ2) is 10.0. The van der Waals surface area contributed by atoms with E-state index in [1.54, 1.807) is 6.20 Å². The van der Waals surface area contributed by atoms with Crippen LogP contribution in [0.2, 0.25) is 10.0 Å². The summed E-state index contributed by atoms with van der Waals surface area (Å²) in [6, 6.07) is 9.13. The molecular weight excluding hydrogens is 439 g/mol. The summed E-state index contributed by atoms with van der Waals surface area (Å²) in [5, 5.41) is 18.7. The molecule has 0 unspecified atom stereocenters. The predicted octanol–water partition coefficient (Wildman–Crippen LogP) is 2.94. The largest absolute Gasteiger partial charge is 0.401 e. The van der Waals surface area contributed by atoms with Crippen LogP contribution in [0.4, 0.5) is 5.69 Å². The zero-order valence-corrected chi connectivity index (χ0v) is 18.5. The molecule has 0 aliphatic heterocycles. The third kappa shape index (κ3) is 5.48. The molecule has 2 aromatic carbocycles. The van der Waals surface area contributed by atoms with Gasteiger partial charge in [-0.25, -0.2) is 5.84 Å². The van der Waals surface area contributed by atoms with Crippen molar-refractivity contribution in [2.24, 2.45) is 11.6 Å². The van der Waals surface area contributed by atoms with E-state index in [-0.39, 0.29) is 28.6 Å². The van der Waals surface area contributed by atoms with Crippen molar-refractivity contribution in [3.63, 3.8) is 0 Å². The number of fused-ring (bicyclic) bond motifs is 1. The van der Waals surface area contributed by atoms with Gasteiger partial charge >= 0.3 is 0 Å². The number of aliphatic hydroxyl groups is 1. The molecule has 1 amide bonds. The number of nitrogens with zero attached hydrogens (tertiary/aromatic N) is 3. The first-order valence-corrected chi connectivity index (χ1v) is 10.4. The van der Waals surface area contributed by atoms with Crippen molar-refractivity contribution in [3.8, 4) is 0 Å². The molecule has 0 aliphatic rings. The number of halogens is 2. The topological polar surface area (TPSA) is 122 Å². The summed E-state index contributed by atoms with van der Waals surface area (Å²) in [6.45, 7) is 2.78. The lowest BCUT2D eigenvalue weighted by Crippen LogP contribution is -2.29. The average molecular weight is 463 g/mol. The van der Waals surface area contributed by atoms with E-state index in [1.165, 1.54) is 23.3 Å². The fourth-order valence-electron chi connectivity index (χ4n) is 3.12. The Bertz CT molecular complexity index is 1110. The lowest BCUT2D eigenvalue weighted by atomic mass is 10.1. The number of rotatable bonds is 8. The molecule has 3 rings (SSSR count). The number of aliphatic hydroxyl groups excluding tert-OH is 1. The predicted molar refractivity (Wildman–Crippen MR) is 124 cm³/mol. The van der Waals surface area contributed by atoms with E-state index >= 15 is 0 Å². The van der Waals surface area contributed by atoms with Gasteiger partial charge in [0.15, 0.2) is 0 Å². The first kappa shape index (κ1) is 22.9. The summed E-state index contributed by atoms with van der Waals surface area (Å²) in [4.78, 5) is 12.7. The molecule has 3 aromatic rings. The van der Waals surface area contributed by atoms with Gasteiger partial charge in [-0.2, -0.15) is 5.10 Å². The van der Waals surface area contributed by atoms with Crippen LogP contribution in [0, 0.1) is 6.92 Å². The fraction of sp³-hybridized carbons (Fsp3) is 0.238. The van der Waals surface area contributed by atoms with E-state index in [1.807, 2.05) is 23.7 Å². The number of hydrazine groups is 1. The minimum atomic E-state index is -0.396. The van der Waals surface area contributed by atoms with Crippen molar-refractivity contribution in [2.75, 3.05) is 18.2 Å². The van der Waals surface area contributed by atoms with Gasteiger partial charge in [0.2, 0.25) is 0 Å². The smallest absolute Gasteiger partial charge is 0.254 e. The van der Waals surface area contributed by atoms with Gasteiger partial charge in [-0.3, -0.25) is 14.5 Å². The van der Waals surface area contributed by atoms with Crippen LogP contribution in [0.1, 0.15) is 22.3 Å². The first-order valence-electron chi connectivity index (χ1n) is 9.60. The maximum Gasteiger partial charge on any atom is 0.254 e. The summed E-state index contributed by atoms with van der Waals surface area (Å²) in [6.07, 6.45) is 3.53. The molecule has 1 aromatic heterocycles. The molecule has 31 heavy (non-hydrogen) atoms. The van der Waals surface area contributed by atoms with E-state index in [4.69, 9.17) is 39.9 Å². The number of hydrogen-bond acceptors (Lipinski definition) is 6. The Morgan fingerprint density at radius 1 is 1.29 bits per heavy atom. The average Bonchev–Trinajstić information content (AvgIpc) is 3.09. The minimum Gasteiger partial charge on any atom is -0.401 e. The number of aromatic nitrogens is 2.